The lowest BCUT2D eigenvalue weighted by Crippen LogP contribution is -2.42. The summed E-state index contributed by atoms with van der Waals surface area (Å²) < 4.78 is 34.0. The molecule has 1 aliphatic heterocycles. The van der Waals surface area contributed by atoms with Crippen LogP contribution in [0.4, 0.5) is 14.5 Å². The molecule has 1 aromatic carbocycles. The number of nitrogens with one attached hydrogen (secondary N) is 1. The van der Waals surface area contributed by atoms with Crippen LogP contribution in [0.15, 0.2) is 47.1 Å². The Bertz CT molecular complexity index is 579. The predicted molar refractivity (Wildman–Crippen MR) is 83.9 cm³/mol. The van der Waals surface area contributed by atoms with Crippen molar-refractivity contribution in [3.63, 3.8) is 0 Å². The Hall–Kier alpha value is -2.08. The zero-order chi connectivity index (χ0) is 16.1. The molecule has 0 amide bonds. The van der Waals surface area contributed by atoms with Crippen LogP contribution in [0, 0.1) is 0 Å². The summed E-state index contributed by atoms with van der Waals surface area (Å²) in [6.07, 6.45) is 3.76. The molecule has 2 heterocycles. The van der Waals surface area contributed by atoms with E-state index >= 15 is 0 Å². The van der Waals surface area contributed by atoms with Crippen molar-refractivity contribution in [2.45, 2.75) is 32.0 Å². The third-order valence-corrected chi connectivity index (χ3v) is 4.07. The molecule has 0 spiro atoms. The van der Waals surface area contributed by atoms with Gasteiger partial charge in [0.15, 0.2) is 0 Å². The van der Waals surface area contributed by atoms with Crippen molar-refractivity contribution in [1.82, 2.24) is 5.32 Å². The summed E-state index contributed by atoms with van der Waals surface area (Å²) in [6.45, 7) is -0.163. The van der Waals surface area contributed by atoms with Gasteiger partial charge < -0.3 is 19.4 Å². The summed E-state index contributed by atoms with van der Waals surface area (Å²) in [5.74, 6) is 1.14. The third kappa shape index (κ3) is 4.45. The number of piperidine rings is 1. The lowest BCUT2D eigenvalue weighted by molar-refractivity contribution is -0.0498. The van der Waals surface area contributed by atoms with Crippen molar-refractivity contribution in [2.75, 3.05) is 18.0 Å². The number of halogens is 2. The van der Waals surface area contributed by atoms with Gasteiger partial charge in [-0.15, -0.1) is 0 Å². The maximum absolute atomic E-state index is 12.1. The van der Waals surface area contributed by atoms with Crippen molar-refractivity contribution < 1.29 is 17.9 Å². The SMILES string of the molecule is FC(F)Oc1ccc(N2CCC(NCc3ccco3)CC2)cc1. The van der Waals surface area contributed by atoms with Gasteiger partial charge in [-0.05, 0) is 49.2 Å². The first-order valence-corrected chi connectivity index (χ1v) is 7.76. The molecule has 124 valence electrons. The van der Waals surface area contributed by atoms with Gasteiger partial charge in [-0.1, -0.05) is 0 Å². The molecule has 0 saturated carbocycles. The molecule has 0 bridgehead atoms. The van der Waals surface area contributed by atoms with Gasteiger partial charge in [0.05, 0.1) is 12.8 Å². The first kappa shape index (κ1) is 15.8. The molecular formula is C17H20F2N2O2. The van der Waals surface area contributed by atoms with E-state index in [1.807, 2.05) is 24.3 Å². The molecule has 1 aromatic heterocycles. The van der Waals surface area contributed by atoms with Crippen LogP contribution in [0.1, 0.15) is 18.6 Å². The van der Waals surface area contributed by atoms with Gasteiger partial charge in [0.25, 0.3) is 0 Å². The van der Waals surface area contributed by atoms with Crippen molar-refractivity contribution in [1.29, 1.82) is 0 Å². The first-order chi connectivity index (χ1) is 11.2. The molecule has 1 aliphatic rings. The van der Waals surface area contributed by atoms with Crippen molar-refractivity contribution in [3.05, 3.63) is 48.4 Å². The predicted octanol–water partition coefficient (Wildman–Crippen LogP) is 3.64. The van der Waals surface area contributed by atoms with E-state index in [1.54, 1.807) is 18.4 Å². The Morgan fingerprint density at radius 3 is 2.52 bits per heavy atom. The highest BCUT2D eigenvalue weighted by Gasteiger charge is 2.19. The number of ether oxygens (including phenoxy) is 1. The highest BCUT2D eigenvalue weighted by atomic mass is 19.3. The van der Waals surface area contributed by atoms with Crippen LogP contribution in [0.3, 0.4) is 0 Å². The molecule has 1 N–H and O–H groups in total. The summed E-state index contributed by atoms with van der Waals surface area (Å²) in [4.78, 5) is 2.26. The maximum Gasteiger partial charge on any atom is 0.387 e. The first-order valence-electron chi connectivity index (χ1n) is 7.76. The van der Waals surface area contributed by atoms with E-state index in [9.17, 15) is 8.78 Å². The zero-order valence-electron chi connectivity index (χ0n) is 12.8. The van der Waals surface area contributed by atoms with E-state index in [0.717, 1.165) is 43.9 Å². The van der Waals surface area contributed by atoms with Crippen LogP contribution in [0.25, 0.3) is 0 Å². The normalized spacial score (nSPS) is 16.0. The Labute approximate surface area is 134 Å². The highest BCUT2D eigenvalue weighted by molar-refractivity contribution is 5.49. The minimum atomic E-state index is -2.78. The monoisotopic (exact) mass is 322 g/mol. The van der Waals surface area contributed by atoms with E-state index < -0.39 is 6.61 Å². The fourth-order valence-electron chi connectivity index (χ4n) is 2.84. The lowest BCUT2D eigenvalue weighted by atomic mass is 10.0. The van der Waals surface area contributed by atoms with Crippen LogP contribution in [-0.4, -0.2) is 25.7 Å². The van der Waals surface area contributed by atoms with Gasteiger partial charge in [0, 0.05) is 24.8 Å². The summed E-state index contributed by atoms with van der Waals surface area (Å²) in [5.41, 5.74) is 1.04. The average molecular weight is 322 g/mol. The Balaban J connectivity index is 1.46. The number of nitrogens with zero attached hydrogens (tertiary/aromatic N) is 1. The second kappa shape index (κ2) is 7.46. The number of rotatable bonds is 6. The fourth-order valence-corrected chi connectivity index (χ4v) is 2.84. The molecule has 2 aromatic rings. The average Bonchev–Trinajstić information content (AvgIpc) is 3.07. The number of benzene rings is 1. The topological polar surface area (TPSA) is 37.6 Å². The van der Waals surface area contributed by atoms with Crippen LogP contribution in [-0.2, 0) is 6.54 Å². The summed E-state index contributed by atoms with van der Waals surface area (Å²) in [6, 6.07) is 11.2. The third-order valence-electron chi connectivity index (χ3n) is 4.07. The van der Waals surface area contributed by atoms with Gasteiger partial charge >= 0.3 is 6.61 Å². The molecule has 3 rings (SSSR count). The highest BCUT2D eigenvalue weighted by Crippen LogP contribution is 2.24. The lowest BCUT2D eigenvalue weighted by Gasteiger charge is -2.34. The smallest absolute Gasteiger partial charge is 0.387 e. The Morgan fingerprint density at radius 1 is 1.17 bits per heavy atom. The van der Waals surface area contributed by atoms with Gasteiger partial charge in [0.1, 0.15) is 11.5 Å². The van der Waals surface area contributed by atoms with Crippen molar-refractivity contribution >= 4 is 5.69 Å². The van der Waals surface area contributed by atoms with Gasteiger partial charge in [-0.2, -0.15) is 8.78 Å². The fraction of sp³-hybridized carbons (Fsp3) is 0.412. The molecule has 1 saturated heterocycles. The van der Waals surface area contributed by atoms with E-state index in [4.69, 9.17) is 4.42 Å². The molecular weight excluding hydrogens is 302 g/mol. The number of furan rings is 1. The Morgan fingerprint density at radius 2 is 1.91 bits per heavy atom. The molecule has 0 unspecified atom stereocenters. The standard InChI is InChI=1S/C17H20F2N2O2/c18-17(19)23-15-5-3-14(4-6-15)21-9-7-13(8-10-21)20-12-16-2-1-11-22-16/h1-6,11,13,17,20H,7-10,12H2. The van der Waals surface area contributed by atoms with Crippen LogP contribution < -0.4 is 15.0 Å². The van der Waals surface area contributed by atoms with Crippen molar-refractivity contribution in [3.8, 4) is 5.75 Å². The number of anilines is 1. The van der Waals surface area contributed by atoms with Crippen LogP contribution in [0.5, 0.6) is 5.75 Å². The number of hydrogen-bond acceptors (Lipinski definition) is 4. The summed E-state index contributed by atoms with van der Waals surface area (Å²) in [5, 5.41) is 3.50. The Kier molecular flexibility index (Phi) is 5.12. The van der Waals surface area contributed by atoms with E-state index in [1.165, 1.54) is 0 Å². The molecule has 23 heavy (non-hydrogen) atoms. The summed E-state index contributed by atoms with van der Waals surface area (Å²) in [7, 11) is 0. The number of alkyl halides is 2. The van der Waals surface area contributed by atoms with Crippen LogP contribution >= 0.6 is 0 Å². The minimum absolute atomic E-state index is 0.193. The quantitative estimate of drug-likeness (QED) is 0.881. The summed E-state index contributed by atoms with van der Waals surface area (Å²) >= 11 is 0. The number of hydrogen-bond donors (Lipinski definition) is 1. The van der Waals surface area contributed by atoms with E-state index in [-0.39, 0.29) is 5.75 Å². The van der Waals surface area contributed by atoms with Gasteiger partial charge in [0.2, 0.25) is 0 Å². The second-order valence-electron chi connectivity index (χ2n) is 5.59. The second-order valence-corrected chi connectivity index (χ2v) is 5.59. The largest absolute Gasteiger partial charge is 0.468 e. The molecule has 6 heteroatoms. The maximum atomic E-state index is 12.1. The molecule has 0 radical (unpaired) electrons. The van der Waals surface area contributed by atoms with E-state index in [2.05, 4.69) is 15.0 Å². The molecule has 1 fully saturated rings. The van der Waals surface area contributed by atoms with Crippen LogP contribution in [0.2, 0.25) is 0 Å². The molecule has 4 nitrogen and oxygen atoms in total. The van der Waals surface area contributed by atoms with Gasteiger partial charge in [-0.3, -0.25) is 0 Å². The van der Waals surface area contributed by atoms with E-state index in [0.29, 0.717) is 6.04 Å². The van der Waals surface area contributed by atoms with Gasteiger partial charge in [-0.25, -0.2) is 0 Å². The molecule has 0 aliphatic carbocycles. The molecule has 0 atom stereocenters. The zero-order valence-corrected chi connectivity index (χ0v) is 12.8. The van der Waals surface area contributed by atoms with Crippen molar-refractivity contribution in [2.24, 2.45) is 0 Å². The minimum Gasteiger partial charge on any atom is -0.468 e.